The summed E-state index contributed by atoms with van der Waals surface area (Å²) in [6.07, 6.45) is 1.14. The highest BCUT2D eigenvalue weighted by Crippen LogP contribution is 2.30. The highest BCUT2D eigenvalue weighted by atomic mass is 19.4. The van der Waals surface area contributed by atoms with Gasteiger partial charge in [-0.25, -0.2) is 4.39 Å². The SMILES string of the molecule is O=C/C=C/C=C/c1ccc(C(F)(F)F)cc1F. The Morgan fingerprint density at radius 3 is 2.29 bits per heavy atom. The lowest BCUT2D eigenvalue weighted by Crippen LogP contribution is -2.05. The van der Waals surface area contributed by atoms with Gasteiger partial charge in [-0.05, 0) is 18.2 Å². The van der Waals surface area contributed by atoms with Crippen molar-refractivity contribution < 1.29 is 22.4 Å². The molecule has 1 aromatic carbocycles. The van der Waals surface area contributed by atoms with Gasteiger partial charge in [-0.1, -0.05) is 24.3 Å². The monoisotopic (exact) mass is 244 g/mol. The van der Waals surface area contributed by atoms with E-state index in [1.54, 1.807) is 0 Å². The Bertz CT molecular complexity index is 458. The van der Waals surface area contributed by atoms with Crippen LogP contribution in [0.5, 0.6) is 0 Å². The summed E-state index contributed by atoms with van der Waals surface area (Å²) in [5.41, 5.74) is -1.01. The van der Waals surface area contributed by atoms with Crippen molar-refractivity contribution in [3.63, 3.8) is 0 Å². The molecule has 0 aliphatic rings. The molecule has 90 valence electrons. The maximum absolute atomic E-state index is 13.2. The third kappa shape index (κ3) is 3.86. The first-order valence-corrected chi connectivity index (χ1v) is 4.60. The minimum atomic E-state index is -4.56. The summed E-state index contributed by atoms with van der Waals surface area (Å²) in [7, 11) is 0. The van der Waals surface area contributed by atoms with Crippen LogP contribution in [0.25, 0.3) is 6.08 Å². The fourth-order valence-corrected chi connectivity index (χ4v) is 1.11. The first-order chi connectivity index (χ1) is 7.95. The van der Waals surface area contributed by atoms with Gasteiger partial charge in [-0.3, -0.25) is 4.79 Å². The van der Waals surface area contributed by atoms with Crippen LogP contribution in [0.15, 0.2) is 36.4 Å². The molecule has 0 unspecified atom stereocenters. The fourth-order valence-electron chi connectivity index (χ4n) is 1.11. The van der Waals surface area contributed by atoms with E-state index < -0.39 is 17.6 Å². The zero-order valence-corrected chi connectivity index (χ0v) is 8.54. The van der Waals surface area contributed by atoms with Crippen molar-refractivity contribution in [3.8, 4) is 0 Å². The summed E-state index contributed by atoms with van der Waals surface area (Å²) < 4.78 is 49.9. The predicted octanol–water partition coefficient (Wildman–Crippen LogP) is 3.61. The number of rotatable bonds is 3. The molecular formula is C12H8F4O. The van der Waals surface area contributed by atoms with Gasteiger partial charge in [-0.2, -0.15) is 13.2 Å². The molecule has 0 aromatic heterocycles. The van der Waals surface area contributed by atoms with Crippen LogP contribution in [0.3, 0.4) is 0 Å². The minimum Gasteiger partial charge on any atom is -0.299 e. The Kier molecular flexibility index (Phi) is 4.20. The number of carbonyl (C=O) groups excluding carboxylic acids is 1. The van der Waals surface area contributed by atoms with Crippen LogP contribution in [-0.2, 0) is 11.0 Å². The molecule has 0 saturated carbocycles. The average molecular weight is 244 g/mol. The molecule has 0 heterocycles. The number of aldehydes is 1. The Labute approximate surface area is 95.1 Å². The quantitative estimate of drug-likeness (QED) is 0.343. The Balaban J connectivity index is 2.94. The molecule has 0 atom stereocenters. The van der Waals surface area contributed by atoms with E-state index in [0.717, 1.165) is 12.1 Å². The van der Waals surface area contributed by atoms with E-state index in [-0.39, 0.29) is 5.56 Å². The van der Waals surface area contributed by atoms with Gasteiger partial charge in [-0.15, -0.1) is 0 Å². The van der Waals surface area contributed by atoms with Gasteiger partial charge < -0.3 is 0 Å². The van der Waals surface area contributed by atoms with Gasteiger partial charge in [0.15, 0.2) is 0 Å². The van der Waals surface area contributed by atoms with Gasteiger partial charge in [0.2, 0.25) is 0 Å². The molecule has 0 saturated heterocycles. The van der Waals surface area contributed by atoms with Crippen LogP contribution < -0.4 is 0 Å². The van der Waals surface area contributed by atoms with Crippen molar-refractivity contribution in [2.75, 3.05) is 0 Å². The maximum atomic E-state index is 13.2. The van der Waals surface area contributed by atoms with Gasteiger partial charge >= 0.3 is 6.18 Å². The molecule has 17 heavy (non-hydrogen) atoms. The number of carbonyl (C=O) groups is 1. The van der Waals surface area contributed by atoms with E-state index in [2.05, 4.69) is 0 Å². The summed E-state index contributed by atoms with van der Waals surface area (Å²) in [4.78, 5) is 9.92. The van der Waals surface area contributed by atoms with Gasteiger partial charge in [0, 0.05) is 5.56 Å². The Hall–Kier alpha value is -1.91. The molecule has 0 aliphatic carbocycles. The lowest BCUT2D eigenvalue weighted by molar-refractivity contribution is -0.137. The number of halogens is 4. The number of benzene rings is 1. The lowest BCUT2D eigenvalue weighted by atomic mass is 10.1. The van der Waals surface area contributed by atoms with Crippen molar-refractivity contribution in [1.82, 2.24) is 0 Å². The first kappa shape index (κ1) is 13.2. The number of alkyl halides is 3. The fraction of sp³-hybridized carbons (Fsp3) is 0.0833. The molecule has 5 heteroatoms. The smallest absolute Gasteiger partial charge is 0.299 e. The molecule has 0 bridgehead atoms. The highest BCUT2D eigenvalue weighted by molar-refractivity contribution is 5.66. The van der Waals surface area contributed by atoms with Crippen molar-refractivity contribution in [2.24, 2.45) is 0 Å². The zero-order valence-electron chi connectivity index (χ0n) is 8.54. The molecule has 1 nitrogen and oxygen atoms in total. The normalized spacial score (nSPS) is 12.5. The van der Waals surface area contributed by atoms with Crippen LogP contribution in [-0.4, -0.2) is 6.29 Å². The molecular weight excluding hydrogens is 236 g/mol. The molecule has 1 rings (SSSR count). The second-order valence-corrected chi connectivity index (χ2v) is 3.11. The van der Waals surface area contributed by atoms with Crippen LogP contribution >= 0.6 is 0 Å². The minimum absolute atomic E-state index is 0.0218. The van der Waals surface area contributed by atoms with Crippen LogP contribution in [0.1, 0.15) is 11.1 Å². The van der Waals surface area contributed by atoms with Gasteiger partial charge in [0.1, 0.15) is 12.1 Å². The average Bonchev–Trinajstić information content (AvgIpc) is 2.24. The lowest BCUT2D eigenvalue weighted by Gasteiger charge is -2.07. The van der Waals surface area contributed by atoms with Crippen LogP contribution in [0.2, 0.25) is 0 Å². The second kappa shape index (κ2) is 5.43. The summed E-state index contributed by atoms with van der Waals surface area (Å²) >= 11 is 0. The third-order valence-electron chi connectivity index (χ3n) is 1.90. The molecule has 0 aliphatic heterocycles. The highest BCUT2D eigenvalue weighted by Gasteiger charge is 2.30. The first-order valence-electron chi connectivity index (χ1n) is 4.60. The zero-order chi connectivity index (χ0) is 12.9. The molecule has 0 amide bonds. The Morgan fingerprint density at radius 1 is 1.06 bits per heavy atom. The van der Waals surface area contributed by atoms with E-state index in [9.17, 15) is 22.4 Å². The second-order valence-electron chi connectivity index (χ2n) is 3.11. The molecule has 0 fully saturated rings. The van der Waals surface area contributed by atoms with Crippen molar-refractivity contribution in [3.05, 3.63) is 53.4 Å². The molecule has 0 N–H and O–H groups in total. The summed E-state index contributed by atoms with van der Waals surface area (Å²) in [5.74, 6) is -0.962. The van der Waals surface area contributed by atoms with E-state index in [4.69, 9.17) is 0 Å². The molecule has 1 aromatic rings. The van der Waals surface area contributed by atoms with Crippen molar-refractivity contribution in [2.45, 2.75) is 6.18 Å². The van der Waals surface area contributed by atoms with Gasteiger partial charge in [0.25, 0.3) is 0 Å². The topological polar surface area (TPSA) is 17.1 Å². The van der Waals surface area contributed by atoms with E-state index in [0.29, 0.717) is 12.4 Å². The summed E-state index contributed by atoms with van der Waals surface area (Å²) in [6.45, 7) is 0. The predicted molar refractivity (Wildman–Crippen MR) is 55.6 cm³/mol. The molecule has 0 radical (unpaired) electrons. The number of hydrogen-bond donors (Lipinski definition) is 0. The number of hydrogen-bond acceptors (Lipinski definition) is 1. The third-order valence-corrected chi connectivity index (χ3v) is 1.90. The van der Waals surface area contributed by atoms with Crippen LogP contribution in [0.4, 0.5) is 17.6 Å². The standard InChI is InChI=1S/C12H8F4O/c13-11-8-10(12(14,15)16)6-5-9(11)4-2-1-3-7-17/h1-8H/b3-1+,4-2+. The van der Waals surface area contributed by atoms with E-state index in [1.807, 2.05) is 0 Å². The van der Waals surface area contributed by atoms with E-state index >= 15 is 0 Å². The van der Waals surface area contributed by atoms with Crippen molar-refractivity contribution >= 4 is 12.4 Å². The largest absolute Gasteiger partial charge is 0.416 e. The van der Waals surface area contributed by atoms with Crippen molar-refractivity contribution in [1.29, 1.82) is 0 Å². The Morgan fingerprint density at radius 2 is 1.76 bits per heavy atom. The van der Waals surface area contributed by atoms with Gasteiger partial charge in [0.05, 0.1) is 5.56 Å². The number of allylic oxidation sites excluding steroid dienone is 3. The molecule has 0 spiro atoms. The van der Waals surface area contributed by atoms with Crippen LogP contribution in [0, 0.1) is 5.82 Å². The maximum Gasteiger partial charge on any atom is 0.416 e. The summed E-state index contributed by atoms with van der Waals surface area (Å²) in [5, 5.41) is 0. The van der Waals surface area contributed by atoms with E-state index in [1.165, 1.54) is 24.3 Å². The summed E-state index contributed by atoms with van der Waals surface area (Å²) in [6, 6.07) is 2.26.